The van der Waals surface area contributed by atoms with Crippen molar-refractivity contribution in [2.75, 3.05) is 26.9 Å². The highest BCUT2D eigenvalue weighted by Crippen LogP contribution is 2.27. The Bertz CT molecular complexity index is 498. The van der Waals surface area contributed by atoms with E-state index in [9.17, 15) is 4.79 Å². The van der Waals surface area contributed by atoms with Crippen molar-refractivity contribution in [3.05, 3.63) is 35.4 Å². The molecular weight excluding hydrogens is 304 g/mol. The first kappa shape index (κ1) is 18.9. The van der Waals surface area contributed by atoms with Crippen LogP contribution < -0.4 is 5.73 Å². The molecule has 0 aliphatic carbocycles. The van der Waals surface area contributed by atoms with Crippen molar-refractivity contribution in [1.82, 2.24) is 4.90 Å². The van der Waals surface area contributed by atoms with Crippen molar-refractivity contribution in [1.29, 1.82) is 0 Å². The maximum atomic E-state index is 12.4. The molecule has 5 nitrogen and oxygen atoms in total. The number of nitrogens with two attached hydrogens (primary N) is 1. The summed E-state index contributed by atoms with van der Waals surface area (Å²) in [6, 6.07) is 7.51. The molecule has 1 aliphatic rings. The molecule has 1 fully saturated rings. The summed E-state index contributed by atoms with van der Waals surface area (Å²) in [7, 11) is 1.55. The lowest BCUT2D eigenvalue weighted by Gasteiger charge is -2.39. The van der Waals surface area contributed by atoms with Gasteiger partial charge in [0, 0.05) is 7.11 Å². The smallest absolute Gasteiger partial charge is 0.242 e. The van der Waals surface area contributed by atoms with E-state index in [1.807, 2.05) is 30.0 Å². The first-order chi connectivity index (χ1) is 10.0. The molecule has 1 aromatic carbocycles. The van der Waals surface area contributed by atoms with Gasteiger partial charge in [-0.25, -0.2) is 0 Å². The zero-order valence-electron chi connectivity index (χ0n) is 13.3. The Morgan fingerprint density at radius 3 is 2.82 bits per heavy atom. The van der Waals surface area contributed by atoms with Crippen LogP contribution in [0.2, 0.25) is 0 Å². The van der Waals surface area contributed by atoms with E-state index in [1.54, 1.807) is 7.11 Å². The summed E-state index contributed by atoms with van der Waals surface area (Å²) in [6.07, 6.45) is -0.0962. The summed E-state index contributed by atoms with van der Waals surface area (Å²) in [5.74, 6) is -0.0776. The SMILES string of the molecule is COCC(N)C(=O)N1CC(c2ccccc2C)OCC1C.Cl. The largest absolute Gasteiger partial charge is 0.383 e. The second kappa shape index (κ2) is 8.48. The molecule has 1 aromatic rings. The van der Waals surface area contributed by atoms with Crippen LogP contribution in [0.5, 0.6) is 0 Å². The molecule has 0 saturated carbocycles. The van der Waals surface area contributed by atoms with Crippen LogP contribution in [0.1, 0.15) is 24.2 Å². The fourth-order valence-electron chi connectivity index (χ4n) is 2.66. The van der Waals surface area contributed by atoms with Crippen LogP contribution in [0, 0.1) is 6.92 Å². The standard InChI is InChI=1S/C16H24N2O3.ClH/c1-11-6-4-5-7-13(11)15-8-18(12(2)9-21-15)16(19)14(17)10-20-3;/h4-7,12,14-15H,8-10,17H2,1-3H3;1H. The Kier molecular flexibility index (Phi) is 7.29. The summed E-state index contributed by atoms with van der Waals surface area (Å²) >= 11 is 0. The van der Waals surface area contributed by atoms with Crippen LogP contribution >= 0.6 is 12.4 Å². The van der Waals surface area contributed by atoms with Crippen molar-refractivity contribution in [3.8, 4) is 0 Å². The zero-order chi connectivity index (χ0) is 15.4. The quantitative estimate of drug-likeness (QED) is 0.913. The van der Waals surface area contributed by atoms with Gasteiger partial charge in [-0.15, -0.1) is 12.4 Å². The van der Waals surface area contributed by atoms with E-state index >= 15 is 0 Å². The van der Waals surface area contributed by atoms with E-state index in [0.29, 0.717) is 13.2 Å². The number of ether oxygens (including phenoxy) is 2. The number of morpholine rings is 1. The van der Waals surface area contributed by atoms with Crippen LogP contribution in [0.4, 0.5) is 0 Å². The number of hydrogen-bond donors (Lipinski definition) is 1. The fraction of sp³-hybridized carbons (Fsp3) is 0.562. The molecular formula is C16H25ClN2O3. The van der Waals surface area contributed by atoms with Gasteiger partial charge in [-0.05, 0) is 25.0 Å². The number of aryl methyl sites for hydroxylation is 1. The van der Waals surface area contributed by atoms with Crippen LogP contribution in [0.3, 0.4) is 0 Å². The maximum absolute atomic E-state index is 12.4. The predicted molar refractivity (Wildman–Crippen MR) is 88.1 cm³/mol. The van der Waals surface area contributed by atoms with Gasteiger partial charge in [0.15, 0.2) is 0 Å². The van der Waals surface area contributed by atoms with Crippen molar-refractivity contribution < 1.29 is 14.3 Å². The van der Waals surface area contributed by atoms with E-state index in [4.69, 9.17) is 15.2 Å². The third-order valence-electron chi connectivity index (χ3n) is 3.92. The summed E-state index contributed by atoms with van der Waals surface area (Å²) < 4.78 is 10.9. The average molecular weight is 329 g/mol. The molecule has 124 valence electrons. The van der Waals surface area contributed by atoms with E-state index in [0.717, 1.165) is 5.56 Å². The summed E-state index contributed by atoms with van der Waals surface area (Å²) in [4.78, 5) is 14.2. The minimum absolute atomic E-state index is 0. The number of carbonyl (C=O) groups excluding carboxylic acids is 1. The monoisotopic (exact) mass is 328 g/mol. The summed E-state index contributed by atoms with van der Waals surface area (Å²) in [6.45, 7) is 5.32. The molecule has 1 aliphatic heterocycles. The molecule has 0 bridgehead atoms. The molecule has 2 N–H and O–H groups in total. The Morgan fingerprint density at radius 1 is 1.50 bits per heavy atom. The van der Waals surface area contributed by atoms with E-state index < -0.39 is 6.04 Å². The number of hydrogen-bond acceptors (Lipinski definition) is 4. The molecule has 0 spiro atoms. The number of methoxy groups -OCH3 is 1. The second-order valence-electron chi connectivity index (χ2n) is 5.58. The highest BCUT2D eigenvalue weighted by molar-refractivity contribution is 5.85. The number of benzene rings is 1. The lowest BCUT2D eigenvalue weighted by Crippen LogP contribution is -2.54. The molecule has 1 amide bonds. The average Bonchev–Trinajstić information content (AvgIpc) is 2.48. The zero-order valence-corrected chi connectivity index (χ0v) is 14.1. The maximum Gasteiger partial charge on any atom is 0.242 e. The molecule has 0 aromatic heterocycles. The van der Waals surface area contributed by atoms with Crippen molar-refractivity contribution in [2.45, 2.75) is 32.0 Å². The molecule has 1 heterocycles. The van der Waals surface area contributed by atoms with Crippen LogP contribution in [-0.4, -0.2) is 49.8 Å². The lowest BCUT2D eigenvalue weighted by molar-refractivity contribution is -0.147. The van der Waals surface area contributed by atoms with Crippen LogP contribution in [0.25, 0.3) is 0 Å². The molecule has 22 heavy (non-hydrogen) atoms. The summed E-state index contributed by atoms with van der Waals surface area (Å²) in [5, 5.41) is 0. The van der Waals surface area contributed by atoms with Gasteiger partial charge in [0.1, 0.15) is 12.1 Å². The number of halogens is 1. The molecule has 2 rings (SSSR count). The molecule has 0 radical (unpaired) electrons. The second-order valence-corrected chi connectivity index (χ2v) is 5.58. The number of carbonyl (C=O) groups is 1. The van der Waals surface area contributed by atoms with Gasteiger partial charge in [-0.3, -0.25) is 4.79 Å². The van der Waals surface area contributed by atoms with E-state index in [1.165, 1.54) is 5.56 Å². The van der Waals surface area contributed by atoms with E-state index in [-0.39, 0.29) is 37.1 Å². The predicted octanol–water partition coefficient (Wildman–Crippen LogP) is 1.68. The first-order valence-corrected chi connectivity index (χ1v) is 7.26. The number of rotatable bonds is 4. The topological polar surface area (TPSA) is 64.8 Å². The van der Waals surface area contributed by atoms with Crippen molar-refractivity contribution in [3.63, 3.8) is 0 Å². The highest BCUT2D eigenvalue weighted by atomic mass is 35.5. The Hall–Kier alpha value is -1.14. The minimum Gasteiger partial charge on any atom is -0.383 e. The van der Waals surface area contributed by atoms with Crippen molar-refractivity contribution in [2.24, 2.45) is 5.73 Å². The third-order valence-corrected chi connectivity index (χ3v) is 3.92. The Morgan fingerprint density at radius 2 is 2.18 bits per heavy atom. The highest BCUT2D eigenvalue weighted by Gasteiger charge is 2.33. The molecule has 1 saturated heterocycles. The first-order valence-electron chi connectivity index (χ1n) is 7.26. The fourth-order valence-corrected chi connectivity index (χ4v) is 2.66. The Labute approximate surface area is 138 Å². The normalized spacial score (nSPS) is 22.8. The van der Waals surface area contributed by atoms with Gasteiger partial charge in [-0.1, -0.05) is 24.3 Å². The summed E-state index contributed by atoms with van der Waals surface area (Å²) in [5.41, 5.74) is 8.18. The van der Waals surface area contributed by atoms with Gasteiger partial charge in [0.2, 0.25) is 5.91 Å². The van der Waals surface area contributed by atoms with Gasteiger partial charge in [0.25, 0.3) is 0 Å². The number of amides is 1. The van der Waals surface area contributed by atoms with Crippen molar-refractivity contribution >= 4 is 18.3 Å². The molecule has 3 unspecified atom stereocenters. The molecule has 3 atom stereocenters. The third kappa shape index (κ3) is 4.20. The van der Waals surface area contributed by atoms with E-state index in [2.05, 4.69) is 13.0 Å². The van der Waals surface area contributed by atoms with Gasteiger partial charge < -0.3 is 20.1 Å². The number of nitrogens with zero attached hydrogens (tertiary/aromatic N) is 1. The Balaban J connectivity index is 0.00000242. The van der Waals surface area contributed by atoms with Gasteiger partial charge >= 0.3 is 0 Å². The minimum atomic E-state index is -0.618. The lowest BCUT2D eigenvalue weighted by atomic mass is 10.0. The van der Waals surface area contributed by atoms with Gasteiger partial charge in [-0.2, -0.15) is 0 Å². The van der Waals surface area contributed by atoms with Gasteiger partial charge in [0.05, 0.1) is 25.8 Å². The van der Waals surface area contributed by atoms with Crippen LogP contribution in [-0.2, 0) is 14.3 Å². The van der Waals surface area contributed by atoms with Crippen LogP contribution in [0.15, 0.2) is 24.3 Å². The molecule has 6 heteroatoms.